The molecule has 7 heteroatoms. The summed E-state index contributed by atoms with van der Waals surface area (Å²) < 4.78 is 33.2. The Morgan fingerprint density at radius 3 is 2.24 bits per heavy atom. The van der Waals surface area contributed by atoms with Gasteiger partial charge in [0.15, 0.2) is 0 Å². The smallest absolute Gasteiger partial charge is 0.264 e. The number of hydrogen-bond acceptors (Lipinski definition) is 4. The number of carbonyl (C=O) groups excluding carboxylic acids is 1. The summed E-state index contributed by atoms with van der Waals surface area (Å²) in [5.41, 5.74) is 1.37. The van der Waals surface area contributed by atoms with E-state index in [-0.39, 0.29) is 23.4 Å². The number of amides is 1. The average molecular weight is 419 g/mol. The Bertz CT molecular complexity index is 893. The van der Waals surface area contributed by atoms with Crippen molar-refractivity contribution in [2.45, 2.75) is 51.5 Å². The molecule has 0 aliphatic carbocycles. The Morgan fingerprint density at radius 2 is 1.69 bits per heavy atom. The van der Waals surface area contributed by atoms with E-state index in [4.69, 9.17) is 4.74 Å². The highest BCUT2D eigenvalue weighted by atomic mass is 32.2. The first-order valence-corrected chi connectivity index (χ1v) is 11.3. The van der Waals surface area contributed by atoms with Crippen molar-refractivity contribution in [2.75, 3.05) is 17.5 Å². The zero-order chi connectivity index (χ0) is 21.4. The van der Waals surface area contributed by atoms with E-state index >= 15 is 0 Å². The topological polar surface area (TPSA) is 75.7 Å². The molecule has 6 nitrogen and oxygen atoms in total. The fraction of sp³-hybridized carbons (Fsp3) is 0.409. The summed E-state index contributed by atoms with van der Waals surface area (Å²) in [6, 6.07) is 13.3. The van der Waals surface area contributed by atoms with Crippen LogP contribution in [0.25, 0.3) is 0 Å². The molecule has 1 amide bonds. The molecule has 29 heavy (non-hydrogen) atoms. The van der Waals surface area contributed by atoms with Crippen LogP contribution in [0.15, 0.2) is 53.4 Å². The van der Waals surface area contributed by atoms with Crippen LogP contribution < -0.4 is 14.4 Å². The Morgan fingerprint density at radius 1 is 1.07 bits per heavy atom. The summed E-state index contributed by atoms with van der Waals surface area (Å²) in [5.74, 6) is 0.306. The summed E-state index contributed by atoms with van der Waals surface area (Å²) >= 11 is 0. The fourth-order valence-electron chi connectivity index (χ4n) is 2.98. The second-order valence-corrected chi connectivity index (χ2v) is 8.87. The van der Waals surface area contributed by atoms with Crippen molar-refractivity contribution in [1.29, 1.82) is 0 Å². The summed E-state index contributed by atoms with van der Waals surface area (Å²) in [6.07, 6.45) is 1.77. The van der Waals surface area contributed by atoms with Crippen LogP contribution >= 0.6 is 0 Å². The fourth-order valence-corrected chi connectivity index (χ4v) is 4.40. The number of sulfonamides is 1. The average Bonchev–Trinajstić information content (AvgIpc) is 2.67. The highest BCUT2D eigenvalue weighted by molar-refractivity contribution is 7.92. The molecule has 0 aliphatic heterocycles. The van der Waals surface area contributed by atoms with Gasteiger partial charge in [0, 0.05) is 6.04 Å². The molecule has 0 aliphatic rings. The van der Waals surface area contributed by atoms with Crippen LogP contribution in [0.1, 0.15) is 39.2 Å². The molecule has 0 spiro atoms. The van der Waals surface area contributed by atoms with Gasteiger partial charge in [-0.05, 0) is 63.6 Å². The molecule has 2 aromatic rings. The normalized spacial score (nSPS) is 12.3. The molecule has 1 N–H and O–H groups in total. The maximum atomic E-state index is 13.3. The zero-order valence-corrected chi connectivity index (χ0v) is 18.3. The molecule has 0 radical (unpaired) electrons. The van der Waals surface area contributed by atoms with E-state index in [1.54, 1.807) is 48.5 Å². The molecular formula is C22H30N2O4S. The Labute approximate surface area is 173 Å². The number of nitrogens with zero attached hydrogens (tertiary/aromatic N) is 1. The standard InChI is InChI=1S/C22H30N2O4S/c1-5-7-18(4)23-22(25)16-24(19-10-12-20(13-11-19)28-6-2)29(26,27)21-14-8-17(3)9-15-21/h8-15,18H,5-7,16H2,1-4H3,(H,23,25). The van der Waals surface area contributed by atoms with Crippen molar-refractivity contribution in [1.82, 2.24) is 5.32 Å². The quantitative estimate of drug-likeness (QED) is 0.635. The molecule has 0 bridgehead atoms. The SMILES string of the molecule is CCCC(C)NC(=O)CN(c1ccc(OCC)cc1)S(=O)(=O)c1ccc(C)cc1. The number of rotatable bonds is 10. The minimum Gasteiger partial charge on any atom is -0.494 e. The molecule has 0 heterocycles. The monoisotopic (exact) mass is 418 g/mol. The van der Waals surface area contributed by atoms with Crippen LogP contribution in [-0.4, -0.2) is 33.5 Å². The highest BCUT2D eigenvalue weighted by Crippen LogP contribution is 2.26. The number of benzene rings is 2. The van der Waals surface area contributed by atoms with E-state index in [2.05, 4.69) is 5.32 Å². The first-order chi connectivity index (χ1) is 13.8. The lowest BCUT2D eigenvalue weighted by atomic mass is 10.2. The van der Waals surface area contributed by atoms with Crippen molar-refractivity contribution < 1.29 is 17.9 Å². The molecular weight excluding hydrogens is 388 g/mol. The largest absolute Gasteiger partial charge is 0.494 e. The molecule has 1 unspecified atom stereocenters. The van der Waals surface area contributed by atoms with Crippen LogP contribution in [0.2, 0.25) is 0 Å². The molecule has 2 aromatic carbocycles. The third kappa shape index (κ3) is 6.22. The van der Waals surface area contributed by atoms with Crippen molar-refractivity contribution >= 4 is 21.6 Å². The molecule has 0 saturated carbocycles. The molecule has 158 valence electrons. The maximum Gasteiger partial charge on any atom is 0.264 e. The Kier molecular flexibility index (Phi) is 8.08. The van der Waals surface area contributed by atoms with Crippen molar-refractivity contribution in [3.05, 3.63) is 54.1 Å². The Balaban J connectivity index is 2.36. The van der Waals surface area contributed by atoms with Gasteiger partial charge in [0.2, 0.25) is 5.91 Å². The summed E-state index contributed by atoms with van der Waals surface area (Å²) in [4.78, 5) is 12.7. The number of hydrogen-bond donors (Lipinski definition) is 1. The van der Waals surface area contributed by atoms with E-state index in [9.17, 15) is 13.2 Å². The third-order valence-corrected chi connectivity index (χ3v) is 6.25. The van der Waals surface area contributed by atoms with Crippen LogP contribution in [0.5, 0.6) is 5.75 Å². The molecule has 0 saturated heterocycles. The number of anilines is 1. The van der Waals surface area contributed by atoms with Gasteiger partial charge in [-0.15, -0.1) is 0 Å². The van der Waals surface area contributed by atoms with Crippen molar-refractivity contribution in [2.24, 2.45) is 0 Å². The van der Waals surface area contributed by atoms with Gasteiger partial charge in [0.1, 0.15) is 12.3 Å². The van der Waals surface area contributed by atoms with Crippen LogP contribution in [-0.2, 0) is 14.8 Å². The van der Waals surface area contributed by atoms with Crippen molar-refractivity contribution in [3.63, 3.8) is 0 Å². The Hall–Kier alpha value is -2.54. The number of carbonyl (C=O) groups is 1. The third-order valence-electron chi connectivity index (χ3n) is 4.46. The maximum absolute atomic E-state index is 13.3. The molecule has 0 fully saturated rings. The predicted octanol–water partition coefficient (Wildman–Crippen LogP) is 3.89. The van der Waals surface area contributed by atoms with E-state index in [1.165, 1.54) is 0 Å². The molecule has 2 rings (SSSR count). The van der Waals surface area contributed by atoms with Crippen molar-refractivity contribution in [3.8, 4) is 5.75 Å². The van der Waals surface area contributed by atoms with Gasteiger partial charge in [0.25, 0.3) is 10.0 Å². The lowest BCUT2D eigenvalue weighted by molar-refractivity contribution is -0.120. The first kappa shape index (κ1) is 22.7. The molecule has 0 aromatic heterocycles. The second-order valence-electron chi connectivity index (χ2n) is 7.01. The van der Waals surface area contributed by atoms with E-state index < -0.39 is 10.0 Å². The lowest BCUT2D eigenvalue weighted by Crippen LogP contribution is -2.43. The van der Waals surface area contributed by atoms with Crippen LogP contribution in [0, 0.1) is 6.92 Å². The predicted molar refractivity (Wildman–Crippen MR) is 116 cm³/mol. The minimum absolute atomic E-state index is 0.0169. The minimum atomic E-state index is -3.91. The van der Waals surface area contributed by atoms with Gasteiger partial charge in [-0.25, -0.2) is 8.42 Å². The number of ether oxygens (including phenoxy) is 1. The van der Waals surface area contributed by atoms with Gasteiger partial charge in [0.05, 0.1) is 17.2 Å². The van der Waals surface area contributed by atoms with E-state index in [0.717, 1.165) is 22.7 Å². The van der Waals surface area contributed by atoms with Gasteiger partial charge >= 0.3 is 0 Å². The highest BCUT2D eigenvalue weighted by Gasteiger charge is 2.27. The van der Waals surface area contributed by atoms with E-state index in [0.29, 0.717) is 18.0 Å². The zero-order valence-electron chi connectivity index (χ0n) is 17.5. The van der Waals surface area contributed by atoms with Gasteiger partial charge in [-0.1, -0.05) is 31.0 Å². The van der Waals surface area contributed by atoms with Gasteiger partial charge in [-0.2, -0.15) is 0 Å². The number of nitrogens with one attached hydrogen (secondary N) is 1. The summed E-state index contributed by atoms with van der Waals surface area (Å²) in [6.45, 7) is 7.95. The van der Waals surface area contributed by atoms with Crippen LogP contribution in [0.4, 0.5) is 5.69 Å². The van der Waals surface area contributed by atoms with Gasteiger partial charge in [-0.3, -0.25) is 9.10 Å². The number of aryl methyl sites for hydroxylation is 1. The van der Waals surface area contributed by atoms with E-state index in [1.807, 2.05) is 27.7 Å². The summed E-state index contributed by atoms with van der Waals surface area (Å²) in [5, 5.41) is 2.88. The lowest BCUT2D eigenvalue weighted by Gasteiger charge is -2.25. The molecule has 1 atom stereocenters. The van der Waals surface area contributed by atoms with Crippen LogP contribution in [0.3, 0.4) is 0 Å². The summed E-state index contributed by atoms with van der Waals surface area (Å²) in [7, 11) is -3.91. The van der Waals surface area contributed by atoms with Gasteiger partial charge < -0.3 is 10.1 Å². The second kappa shape index (κ2) is 10.3. The first-order valence-electron chi connectivity index (χ1n) is 9.89.